The van der Waals surface area contributed by atoms with Gasteiger partial charge in [0.2, 0.25) is 0 Å². The molecule has 3 N–H and O–H groups in total. The Morgan fingerprint density at radius 2 is 2.06 bits per heavy atom. The Hall–Kier alpha value is -2.14. The zero-order valence-electron chi connectivity index (χ0n) is 9.71. The molecule has 0 aliphatic rings. The maximum Gasteiger partial charge on any atom is 0.356 e. The molecule has 5 heteroatoms. The number of nitrogens with zero attached hydrogens (tertiary/aromatic N) is 1. The first-order valence-corrected chi connectivity index (χ1v) is 5.66. The third kappa shape index (κ3) is 2.57. The van der Waals surface area contributed by atoms with Gasteiger partial charge in [-0.05, 0) is 18.1 Å². The minimum atomic E-state index is -1.06. The highest BCUT2D eigenvalue weighted by molar-refractivity contribution is 5.85. The zero-order chi connectivity index (χ0) is 13.0. The van der Waals surface area contributed by atoms with Crippen molar-refractivity contribution in [3.63, 3.8) is 0 Å². The Kier molecular flexibility index (Phi) is 3.74. The van der Waals surface area contributed by atoms with Gasteiger partial charge >= 0.3 is 5.97 Å². The molecule has 0 saturated heterocycles. The summed E-state index contributed by atoms with van der Waals surface area (Å²) in [6, 6.07) is 11.1. The molecule has 2 aromatic rings. The van der Waals surface area contributed by atoms with Crippen molar-refractivity contribution in [2.45, 2.75) is 12.3 Å². The number of aromatic carboxylic acids is 1. The SMILES string of the molecule is O=C(O)c1cc(C(CCO)c2ccccc2)[nH]n1. The monoisotopic (exact) mass is 246 g/mol. The highest BCUT2D eigenvalue weighted by Crippen LogP contribution is 2.26. The van der Waals surface area contributed by atoms with Gasteiger partial charge in [-0.25, -0.2) is 4.79 Å². The normalized spacial score (nSPS) is 12.3. The number of aromatic amines is 1. The second-order valence-corrected chi connectivity index (χ2v) is 3.99. The van der Waals surface area contributed by atoms with Crippen LogP contribution in [0.4, 0.5) is 0 Å². The third-order valence-corrected chi connectivity index (χ3v) is 2.81. The summed E-state index contributed by atoms with van der Waals surface area (Å²) in [5.74, 6) is -1.13. The lowest BCUT2D eigenvalue weighted by Gasteiger charge is -2.14. The maximum absolute atomic E-state index is 10.8. The Bertz CT molecular complexity index is 522. The van der Waals surface area contributed by atoms with Crippen LogP contribution in [0.5, 0.6) is 0 Å². The molecular weight excluding hydrogens is 232 g/mol. The van der Waals surface area contributed by atoms with Crippen molar-refractivity contribution in [1.82, 2.24) is 10.2 Å². The average molecular weight is 246 g/mol. The van der Waals surface area contributed by atoms with E-state index in [0.717, 1.165) is 5.56 Å². The number of carboxylic acid groups (broad SMARTS) is 1. The maximum atomic E-state index is 10.8. The van der Waals surface area contributed by atoms with Crippen molar-refractivity contribution in [2.24, 2.45) is 0 Å². The number of aliphatic hydroxyl groups is 1. The number of H-pyrrole nitrogens is 1. The predicted molar refractivity (Wildman–Crippen MR) is 65.5 cm³/mol. The molecule has 1 atom stereocenters. The number of hydrogen-bond acceptors (Lipinski definition) is 3. The van der Waals surface area contributed by atoms with Crippen LogP contribution in [-0.2, 0) is 0 Å². The number of nitrogens with one attached hydrogen (secondary N) is 1. The molecule has 0 radical (unpaired) electrons. The van der Waals surface area contributed by atoms with E-state index in [0.29, 0.717) is 12.1 Å². The lowest BCUT2D eigenvalue weighted by Crippen LogP contribution is -2.04. The van der Waals surface area contributed by atoms with Crippen molar-refractivity contribution in [3.8, 4) is 0 Å². The first-order valence-electron chi connectivity index (χ1n) is 5.66. The van der Waals surface area contributed by atoms with Gasteiger partial charge in [-0.1, -0.05) is 30.3 Å². The van der Waals surface area contributed by atoms with Crippen LogP contribution in [0.2, 0.25) is 0 Å². The van der Waals surface area contributed by atoms with Crippen molar-refractivity contribution in [2.75, 3.05) is 6.61 Å². The first-order chi connectivity index (χ1) is 8.72. The smallest absolute Gasteiger partial charge is 0.356 e. The van der Waals surface area contributed by atoms with E-state index in [4.69, 9.17) is 10.2 Å². The lowest BCUT2D eigenvalue weighted by molar-refractivity contribution is 0.0690. The van der Waals surface area contributed by atoms with Gasteiger partial charge in [-0.2, -0.15) is 5.10 Å². The van der Waals surface area contributed by atoms with Crippen LogP contribution >= 0.6 is 0 Å². The van der Waals surface area contributed by atoms with Gasteiger partial charge in [0.1, 0.15) is 0 Å². The standard InChI is InChI=1S/C13H14N2O3/c16-7-6-10(9-4-2-1-3-5-9)11-8-12(13(17)18)15-14-11/h1-5,8,10,16H,6-7H2,(H,14,15)(H,17,18). The Morgan fingerprint density at radius 1 is 1.33 bits per heavy atom. The van der Waals surface area contributed by atoms with Crippen molar-refractivity contribution >= 4 is 5.97 Å². The van der Waals surface area contributed by atoms with Crippen molar-refractivity contribution < 1.29 is 15.0 Å². The van der Waals surface area contributed by atoms with E-state index in [9.17, 15) is 4.79 Å². The van der Waals surface area contributed by atoms with E-state index in [1.165, 1.54) is 6.07 Å². The summed E-state index contributed by atoms with van der Waals surface area (Å²) < 4.78 is 0. The van der Waals surface area contributed by atoms with Crippen LogP contribution in [-0.4, -0.2) is 33.0 Å². The van der Waals surface area contributed by atoms with Crippen LogP contribution < -0.4 is 0 Å². The summed E-state index contributed by atoms with van der Waals surface area (Å²) in [5.41, 5.74) is 1.71. The number of aromatic nitrogens is 2. The second-order valence-electron chi connectivity index (χ2n) is 3.99. The number of aliphatic hydroxyl groups excluding tert-OH is 1. The topological polar surface area (TPSA) is 86.2 Å². The van der Waals surface area contributed by atoms with E-state index in [2.05, 4.69) is 10.2 Å². The summed E-state index contributed by atoms with van der Waals surface area (Å²) in [5, 5.41) is 24.4. The number of hydrogen-bond donors (Lipinski definition) is 3. The highest BCUT2D eigenvalue weighted by Gasteiger charge is 2.18. The molecule has 18 heavy (non-hydrogen) atoms. The lowest BCUT2D eigenvalue weighted by atomic mass is 9.93. The van der Waals surface area contributed by atoms with Crippen LogP contribution in [0, 0.1) is 0 Å². The fraction of sp³-hybridized carbons (Fsp3) is 0.231. The van der Waals surface area contributed by atoms with Gasteiger partial charge in [-0.15, -0.1) is 0 Å². The van der Waals surface area contributed by atoms with Gasteiger partial charge in [0.25, 0.3) is 0 Å². The summed E-state index contributed by atoms with van der Waals surface area (Å²) >= 11 is 0. The van der Waals surface area contributed by atoms with Crippen LogP contribution in [0.25, 0.3) is 0 Å². The van der Waals surface area contributed by atoms with Gasteiger partial charge in [-0.3, -0.25) is 5.10 Å². The van der Waals surface area contributed by atoms with Crippen molar-refractivity contribution in [3.05, 3.63) is 53.3 Å². The van der Waals surface area contributed by atoms with Gasteiger partial charge in [0, 0.05) is 18.2 Å². The Labute approximate surface area is 104 Å². The number of rotatable bonds is 5. The molecule has 2 rings (SSSR count). The number of carboxylic acids is 1. The van der Waals surface area contributed by atoms with E-state index in [-0.39, 0.29) is 18.2 Å². The molecule has 5 nitrogen and oxygen atoms in total. The molecule has 1 unspecified atom stereocenters. The van der Waals surface area contributed by atoms with Crippen LogP contribution in [0.15, 0.2) is 36.4 Å². The highest BCUT2D eigenvalue weighted by atomic mass is 16.4. The molecule has 94 valence electrons. The van der Waals surface area contributed by atoms with Gasteiger partial charge in [0.05, 0.1) is 0 Å². The van der Waals surface area contributed by atoms with E-state index >= 15 is 0 Å². The van der Waals surface area contributed by atoms with Gasteiger partial charge in [0.15, 0.2) is 5.69 Å². The summed E-state index contributed by atoms with van der Waals surface area (Å²) in [6.45, 7) is 0.0288. The third-order valence-electron chi connectivity index (χ3n) is 2.81. The number of carbonyl (C=O) groups is 1. The largest absolute Gasteiger partial charge is 0.476 e. The van der Waals surface area contributed by atoms with Crippen molar-refractivity contribution in [1.29, 1.82) is 0 Å². The quantitative estimate of drug-likeness (QED) is 0.748. The second kappa shape index (κ2) is 5.46. The molecule has 1 aromatic carbocycles. The molecule has 1 heterocycles. The summed E-state index contributed by atoms with van der Waals surface area (Å²) in [4.78, 5) is 10.8. The summed E-state index contributed by atoms with van der Waals surface area (Å²) in [6.07, 6.45) is 0.519. The molecule has 0 aliphatic carbocycles. The molecule has 0 saturated carbocycles. The first kappa shape index (κ1) is 12.3. The summed E-state index contributed by atoms with van der Waals surface area (Å²) in [7, 11) is 0. The average Bonchev–Trinajstić information content (AvgIpc) is 2.86. The molecule has 1 aromatic heterocycles. The predicted octanol–water partition coefficient (Wildman–Crippen LogP) is 1.62. The number of benzene rings is 1. The fourth-order valence-electron chi connectivity index (χ4n) is 1.94. The van der Waals surface area contributed by atoms with E-state index in [1.807, 2.05) is 30.3 Å². The zero-order valence-corrected chi connectivity index (χ0v) is 9.71. The minimum Gasteiger partial charge on any atom is -0.476 e. The molecule has 0 bridgehead atoms. The van der Waals surface area contributed by atoms with E-state index < -0.39 is 5.97 Å². The van der Waals surface area contributed by atoms with E-state index in [1.54, 1.807) is 0 Å². The molecule has 0 amide bonds. The van der Waals surface area contributed by atoms with Crippen LogP contribution in [0.1, 0.15) is 34.1 Å². The minimum absolute atomic E-state index is 0.0103. The molecule has 0 aliphatic heterocycles. The molecule has 0 fully saturated rings. The Morgan fingerprint density at radius 3 is 2.61 bits per heavy atom. The van der Waals surface area contributed by atoms with Gasteiger partial charge < -0.3 is 10.2 Å². The molecular formula is C13H14N2O3. The Balaban J connectivity index is 2.32. The van der Waals surface area contributed by atoms with Crippen LogP contribution in [0.3, 0.4) is 0 Å². The molecule has 0 spiro atoms. The fourth-order valence-corrected chi connectivity index (χ4v) is 1.94.